The molecule has 2 amide bonds. The molecule has 0 bridgehead atoms. The summed E-state index contributed by atoms with van der Waals surface area (Å²) < 4.78 is 23.0. The molecule has 1 saturated heterocycles. The van der Waals surface area contributed by atoms with Gasteiger partial charge in [-0.05, 0) is 38.1 Å². The molecule has 35 heavy (non-hydrogen) atoms. The highest BCUT2D eigenvalue weighted by atomic mass is 79.9. The van der Waals surface area contributed by atoms with Crippen LogP contribution in [0.15, 0.2) is 34.8 Å². The van der Waals surface area contributed by atoms with Gasteiger partial charge in [-0.15, -0.1) is 0 Å². The molecule has 184 valence electrons. The standard InChI is InChI=1S/C25H25BrN2O7/c1-5-34-23(30)20-15-11-35-17-7-6-12(26)8-14(17)21(15)28-22(29)13-9-18(32-3)19(33-4)10-16(13)27-24(31)25(20,28)2/h6-10,15,20-21H,5,11H2,1-4H3,(H,27,31)/t15?,20?,21?,25-/m1/s1. The average molecular weight is 545 g/mol. The number of rotatable bonds is 4. The van der Waals surface area contributed by atoms with E-state index in [2.05, 4.69) is 21.2 Å². The van der Waals surface area contributed by atoms with Crippen LogP contribution in [-0.2, 0) is 14.3 Å². The Morgan fingerprint density at radius 2 is 1.91 bits per heavy atom. The van der Waals surface area contributed by atoms with Gasteiger partial charge < -0.3 is 29.2 Å². The third-order valence-corrected chi connectivity index (χ3v) is 7.65. The van der Waals surface area contributed by atoms with E-state index in [-0.39, 0.29) is 24.5 Å². The van der Waals surface area contributed by atoms with E-state index in [1.807, 2.05) is 18.2 Å². The highest BCUT2D eigenvalue weighted by molar-refractivity contribution is 9.10. The lowest BCUT2D eigenvalue weighted by molar-refractivity contribution is -0.155. The first-order valence-electron chi connectivity index (χ1n) is 11.3. The molecule has 2 aromatic carbocycles. The Hall–Kier alpha value is -3.27. The number of anilines is 1. The number of nitrogens with one attached hydrogen (secondary N) is 1. The number of fused-ring (bicyclic) bond motifs is 6. The Morgan fingerprint density at radius 3 is 2.60 bits per heavy atom. The lowest BCUT2D eigenvalue weighted by Crippen LogP contribution is -2.57. The van der Waals surface area contributed by atoms with Gasteiger partial charge >= 0.3 is 5.97 Å². The monoisotopic (exact) mass is 544 g/mol. The summed E-state index contributed by atoms with van der Waals surface area (Å²) >= 11 is 3.50. The van der Waals surface area contributed by atoms with Crippen LogP contribution in [0.2, 0.25) is 0 Å². The molecule has 1 N–H and O–H groups in total. The van der Waals surface area contributed by atoms with Crippen molar-refractivity contribution in [3.8, 4) is 17.2 Å². The average Bonchev–Trinajstić information content (AvgIpc) is 3.09. The predicted octanol–water partition coefficient (Wildman–Crippen LogP) is 3.56. The van der Waals surface area contributed by atoms with Gasteiger partial charge in [-0.2, -0.15) is 0 Å². The number of benzene rings is 2. The number of carbonyl (C=O) groups is 3. The minimum Gasteiger partial charge on any atom is -0.493 e. The van der Waals surface area contributed by atoms with E-state index < -0.39 is 41.2 Å². The van der Waals surface area contributed by atoms with Gasteiger partial charge in [0, 0.05) is 22.0 Å². The fraction of sp³-hybridized carbons (Fsp3) is 0.400. The fourth-order valence-electron chi connectivity index (χ4n) is 5.62. The molecule has 0 aliphatic carbocycles. The molecule has 5 rings (SSSR count). The molecule has 9 nitrogen and oxygen atoms in total. The number of esters is 1. The molecule has 0 saturated carbocycles. The first-order chi connectivity index (χ1) is 16.8. The molecule has 1 fully saturated rings. The van der Waals surface area contributed by atoms with Crippen LogP contribution in [0, 0.1) is 11.8 Å². The largest absolute Gasteiger partial charge is 0.493 e. The fourth-order valence-corrected chi connectivity index (χ4v) is 6.00. The maximum atomic E-state index is 14.2. The first-order valence-corrected chi connectivity index (χ1v) is 12.1. The second-order valence-electron chi connectivity index (χ2n) is 8.86. The van der Waals surface area contributed by atoms with Crippen LogP contribution in [0.5, 0.6) is 17.2 Å². The number of nitrogens with zero attached hydrogens (tertiary/aromatic N) is 1. The van der Waals surface area contributed by atoms with E-state index in [1.165, 1.54) is 19.1 Å². The molecular formula is C25H25BrN2O7. The maximum absolute atomic E-state index is 14.2. The van der Waals surface area contributed by atoms with Crippen LogP contribution >= 0.6 is 15.9 Å². The van der Waals surface area contributed by atoms with Crippen molar-refractivity contribution in [1.82, 2.24) is 4.90 Å². The highest BCUT2D eigenvalue weighted by Crippen LogP contribution is 2.57. The van der Waals surface area contributed by atoms with Crippen molar-refractivity contribution in [2.24, 2.45) is 11.8 Å². The number of hydrogen-bond acceptors (Lipinski definition) is 7. The number of amides is 2. The van der Waals surface area contributed by atoms with E-state index in [1.54, 1.807) is 26.0 Å². The van der Waals surface area contributed by atoms with Gasteiger partial charge in [0.1, 0.15) is 11.3 Å². The molecule has 2 aromatic rings. The third-order valence-electron chi connectivity index (χ3n) is 7.16. The second kappa shape index (κ2) is 8.44. The molecule has 0 aromatic heterocycles. The van der Waals surface area contributed by atoms with Gasteiger partial charge in [-0.25, -0.2) is 0 Å². The van der Waals surface area contributed by atoms with Crippen molar-refractivity contribution in [3.05, 3.63) is 45.9 Å². The van der Waals surface area contributed by atoms with E-state index in [0.29, 0.717) is 17.2 Å². The molecule has 10 heteroatoms. The predicted molar refractivity (Wildman–Crippen MR) is 129 cm³/mol. The molecule has 0 spiro atoms. The molecule has 3 aliphatic rings. The van der Waals surface area contributed by atoms with Crippen LogP contribution in [0.3, 0.4) is 0 Å². The Kier molecular flexibility index (Phi) is 5.66. The summed E-state index contributed by atoms with van der Waals surface area (Å²) in [5.74, 6) is -1.54. The van der Waals surface area contributed by atoms with Crippen LogP contribution < -0.4 is 19.5 Å². The van der Waals surface area contributed by atoms with Gasteiger partial charge in [0.25, 0.3) is 11.8 Å². The van der Waals surface area contributed by atoms with E-state index in [9.17, 15) is 14.4 Å². The third kappa shape index (κ3) is 3.30. The minimum atomic E-state index is -1.54. The van der Waals surface area contributed by atoms with Crippen LogP contribution in [0.4, 0.5) is 5.69 Å². The Morgan fingerprint density at radius 1 is 1.20 bits per heavy atom. The SMILES string of the molecule is CCOC(=O)C1C2COc3ccc(Br)cc3C2N2C(=O)c3cc(OC)c(OC)cc3NC(=O)[C@@]12C. The van der Waals surface area contributed by atoms with Crippen LogP contribution in [0.1, 0.15) is 35.8 Å². The molecular weight excluding hydrogens is 520 g/mol. The van der Waals surface area contributed by atoms with E-state index in [4.69, 9.17) is 18.9 Å². The number of ether oxygens (including phenoxy) is 4. The number of methoxy groups -OCH3 is 2. The molecule has 4 atom stereocenters. The summed E-state index contributed by atoms with van der Waals surface area (Å²) in [6.45, 7) is 3.64. The molecule has 3 aliphatic heterocycles. The lowest BCUT2D eigenvalue weighted by Gasteiger charge is -2.38. The van der Waals surface area contributed by atoms with Crippen LogP contribution in [0.25, 0.3) is 0 Å². The number of carbonyl (C=O) groups excluding carboxylic acids is 3. The lowest BCUT2D eigenvalue weighted by atomic mass is 9.77. The van der Waals surface area contributed by atoms with Gasteiger partial charge in [-0.1, -0.05) is 15.9 Å². The normalized spacial score (nSPS) is 26.3. The quantitative estimate of drug-likeness (QED) is 0.587. The summed E-state index contributed by atoms with van der Waals surface area (Å²) in [4.78, 5) is 43.0. The van der Waals surface area contributed by atoms with Crippen molar-refractivity contribution < 1.29 is 33.3 Å². The summed E-state index contributed by atoms with van der Waals surface area (Å²) in [5.41, 5.74) is -0.287. The van der Waals surface area contributed by atoms with Crippen molar-refractivity contribution in [2.45, 2.75) is 25.4 Å². The van der Waals surface area contributed by atoms with Crippen molar-refractivity contribution in [2.75, 3.05) is 32.8 Å². The van der Waals surface area contributed by atoms with Gasteiger partial charge in [-0.3, -0.25) is 14.4 Å². The van der Waals surface area contributed by atoms with Crippen LogP contribution in [-0.4, -0.2) is 55.7 Å². The minimum absolute atomic E-state index is 0.149. The maximum Gasteiger partial charge on any atom is 0.312 e. The molecule has 3 heterocycles. The second-order valence-corrected chi connectivity index (χ2v) is 9.78. The Labute approximate surface area is 210 Å². The molecule has 0 radical (unpaired) electrons. The zero-order chi connectivity index (χ0) is 25.1. The zero-order valence-electron chi connectivity index (χ0n) is 19.7. The smallest absolute Gasteiger partial charge is 0.312 e. The summed E-state index contributed by atoms with van der Waals surface area (Å²) in [6.07, 6.45) is 0. The topological polar surface area (TPSA) is 103 Å². The van der Waals surface area contributed by atoms with E-state index >= 15 is 0 Å². The highest BCUT2D eigenvalue weighted by Gasteiger charge is 2.67. The van der Waals surface area contributed by atoms with Gasteiger partial charge in [0.05, 0.1) is 50.6 Å². The van der Waals surface area contributed by atoms with Gasteiger partial charge in [0.15, 0.2) is 11.5 Å². The van der Waals surface area contributed by atoms with Crippen molar-refractivity contribution in [1.29, 1.82) is 0 Å². The zero-order valence-corrected chi connectivity index (χ0v) is 21.3. The molecule has 3 unspecified atom stereocenters. The Bertz CT molecular complexity index is 1250. The van der Waals surface area contributed by atoms with Gasteiger partial charge in [0.2, 0.25) is 0 Å². The summed E-state index contributed by atoms with van der Waals surface area (Å²) in [5, 5.41) is 2.87. The van der Waals surface area contributed by atoms with E-state index in [0.717, 1.165) is 10.0 Å². The summed E-state index contributed by atoms with van der Waals surface area (Å²) in [6, 6.07) is 8.05. The first kappa shape index (κ1) is 23.5. The summed E-state index contributed by atoms with van der Waals surface area (Å²) in [7, 11) is 2.95. The number of hydrogen-bond donors (Lipinski definition) is 1. The Balaban J connectivity index is 1.76. The van der Waals surface area contributed by atoms with Crippen molar-refractivity contribution in [3.63, 3.8) is 0 Å². The van der Waals surface area contributed by atoms with Crippen molar-refractivity contribution >= 4 is 39.4 Å². The number of halogens is 1.